The average Bonchev–Trinajstić information content (AvgIpc) is 3.36. The van der Waals surface area contributed by atoms with Crippen LogP contribution in [-0.2, 0) is 6.18 Å². The maximum Gasteiger partial charge on any atom is 0.451 e. The van der Waals surface area contributed by atoms with Crippen molar-refractivity contribution in [3.63, 3.8) is 0 Å². The highest BCUT2D eigenvalue weighted by atomic mass is 19.4. The lowest BCUT2D eigenvalue weighted by Gasteiger charge is -2.12. The number of hydrogen-bond donors (Lipinski definition) is 1. The number of imidazole rings is 1. The van der Waals surface area contributed by atoms with E-state index in [4.69, 9.17) is 9.47 Å². The zero-order valence-electron chi connectivity index (χ0n) is 14.3. The normalized spacial score (nSPS) is 14.4. The van der Waals surface area contributed by atoms with Gasteiger partial charge >= 0.3 is 12.2 Å². The van der Waals surface area contributed by atoms with Gasteiger partial charge in [-0.3, -0.25) is 4.57 Å². The Morgan fingerprint density at radius 2 is 1.89 bits per heavy atom. The largest absolute Gasteiger partial charge is 0.479 e. The number of methoxy groups -OCH3 is 2. The molecule has 12 heteroatoms. The highest BCUT2D eigenvalue weighted by Crippen LogP contribution is 2.34. The molecule has 0 saturated heterocycles. The fraction of sp³-hybridized carbons (Fsp3) is 0.400. The molecule has 0 radical (unpaired) electrons. The van der Waals surface area contributed by atoms with Gasteiger partial charge in [0.1, 0.15) is 12.0 Å². The highest BCUT2D eigenvalue weighted by Gasteiger charge is 2.37. The minimum atomic E-state index is -4.70. The Kier molecular flexibility index (Phi) is 3.97. The van der Waals surface area contributed by atoms with Crippen LogP contribution in [0.2, 0.25) is 0 Å². The van der Waals surface area contributed by atoms with Gasteiger partial charge in [-0.2, -0.15) is 18.2 Å². The lowest BCUT2D eigenvalue weighted by Crippen LogP contribution is -2.15. The number of halogens is 3. The van der Waals surface area contributed by atoms with Crippen LogP contribution in [-0.4, -0.2) is 49.7 Å². The zero-order valence-corrected chi connectivity index (χ0v) is 14.3. The van der Waals surface area contributed by atoms with Crippen LogP contribution < -0.4 is 14.8 Å². The molecule has 0 aromatic carbocycles. The second-order valence-corrected chi connectivity index (χ2v) is 5.85. The Labute approximate surface area is 150 Å². The van der Waals surface area contributed by atoms with Gasteiger partial charge in [0.05, 0.1) is 20.4 Å². The van der Waals surface area contributed by atoms with Gasteiger partial charge in [0, 0.05) is 6.04 Å². The summed E-state index contributed by atoms with van der Waals surface area (Å²) in [5, 5.41) is 2.97. The molecule has 1 aliphatic rings. The smallest absolute Gasteiger partial charge is 0.451 e. The Bertz CT molecular complexity index is 1000. The van der Waals surface area contributed by atoms with Gasteiger partial charge in [0.25, 0.3) is 0 Å². The van der Waals surface area contributed by atoms with Crippen LogP contribution in [0.25, 0.3) is 16.9 Å². The topological polar surface area (TPSA) is 99.9 Å². The summed E-state index contributed by atoms with van der Waals surface area (Å²) in [6.45, 7) is 0. The van der Waals surface area contributed by atoms with Crippen molar-refractivity contribution in [1.29, 1.82) is 0 Å². The molecule has 27 heavy (non-hydrogen) atoms. The van der Waals surface area contributed by atoms with Crippen LogP contribution in [0.1, 0.15) is 18.7 Å². The molecule has 0 unspecified atom stereocenters. The number of nitrogens with zero attached hydrogens (tertiary/aromatic N) is 6. The van der Waals surface area contributed by atoms with Gasteiger partial charge in [0.2, 0.25) is 11.7 Å². The molecule has 9 nitrogen and oxygen atoms in total. The molecule has 3 aromatic heterocycles. The third-order valence-corrected chi connectivity index (χ3v) is 3.92. The van der Waals surface area contributed by atoms with E-state index in [-0.39, 0.29) is 40.6 Å². The maximum absolute atomic E-state index is 13.3. The van der Waals surface area contributed by atoms with E-state index >= 15 is 0 Å². The van der Waals surface area contributed by atoms with Crippen molar-refractivity contribution >= 4 is 17.0 Å². The van der Waals surface area contributed by atoms with Gasteiger partial charge in [0.15, 0.2) is 17.0 Å². The van der Waals surface area contributed by atoms with Gasteiger partial charge in [-0.25, -0.2) is 19.9 Å². The fourth-order valence-corrected chi connectivity index (χ4v) is 2.48. The number of ether oxygens (including phenoxy) is 2. The number of hydrogen-bond acceptors (Lipinski definition) is 8. The van der Waals surface area contributed by atoms with E-state index < -0.39 is 12.0 Å². The molecule has 1 N–H and O–H groups in total. The number of nitrogens with one attached hydrogen (secondary N) is 1. The standard InChI is InChI=1S/C15H14F3N7O2/c1-26-12-8(5-19-14(24-12)27-2)25-6-20-9-10(21-7-3-4-7)22-13(15(16,17)18)23-11(9)25/h5-7H,3-4H2,1-2H3,(H,21,22,23). The highest BCUT2D eigenvalue weighted by molar-refractivity contribution is 5.84. The molecule has 0 atom stereocenters. The molecule has 3 aromatic rings. The Balaban J connectivity index is 1.92. The molecule has 0 spiro atoms. The summed E-state index contributed by atoms with van der Waals surface area (Å²) in [6, 6.07) is 0.148. The molecule has 3 heterocycles. The Morgan fingerprint density at radius 1 is 1.11 bits per heavy atom. The van der Waals surface area contributed by atoms with Crippen LogP contribution in [0.3, 0.4) is 0 Å². The van der Waals surface area contributed by atoms with Crippen molar-refractivity contribution in [2.24, 2.45) is 0 Å². The number of anilines is 1. The fourth-order valence-electron chi connectivity index (χ4n) is 2.48. The van der Waals surface area contributed by atoms with Crippen molar-refractivity contribution in [3.8, 4) is 17.6 Å². The molecule has 0 amide bonds. The first-order chi connectivity index (χ1) is 12.9. The second-order valence-electron chi connectivity index (χ2n) is 5.85. The van der Waals surface area contributed by atoms with Crippen molar-refractivity contribution in [1.82, 2.24) is 29.5 Å². The monoisotopic (exact) mass is 381 g/mol. The molecule has 1 fully saturated rings. The van der Waals surface area contributed by atoms with Gasteiger partial charge in [-0.05, 0) is 12.8 Å². The minimum Gasteiger partial charge on any atom is -0.479 e. The number of rotatable bonds is 5. The van der Waals surface area contributed by atoms with E-state index in [0.717, 1.165) is 12.8 Å². The van der Waals surface area contributed by atoms with Gasteiger partial charge < -0.3 is 14.8 Å². The third-order valence-electron chi connectivity index (χ3n) is 3.92. The van der Waals surface area contributed by atoms with Crippen molar-refractivity contribution in [2.75, 3.05) is 19.5 Å². The first-order valence-corrected chi connectivity index (χ1v) is 7.95. The first kappa shape index (κ1) is 17.2. The second kappa shape index (κ2) is 6.21. The number of alkyl halides is 3. The molecule has 4 rings (SSSR count). The SMILES string of the molecule is COc1ncc(-n2cnc3c(NC4CC4)nc(C(F)(F)F)nc32)c(OC)n1. The van der Waals surface area contributed by atoms with E-state index in [1.165, 1.54) is 31.3 Å². The molecule has 0 aliphatic heterocycles. The predicted octanol–water partition coefficient (Wildman–Crippen LogP) is 2.22. The Hall–Kier alpha value is -3.18. The van der Waals surface area contributed by atoms with E-state index in [9.17, 15) is 13.2 Å². The van der Waals surface area contributed by atoms with Crippen LogP contribution >= 0.6 is 0 Å². The molecule has 1 saturated carbocycles. The Morgan fingerprint density at radius 3 is 2.52 bits per heavy atom. The van der Waals surface area contributed by atoms with Crippen molar-refractivity contribution < 1.29 is 22.6 Å². The van der Waals surface area contributed by atoms with E-state index in [2.05, 4.69) is 30.2 Å². The van der Waals surface area contributed by atoms with E-state index in [0.29, 0.717) is 0 Å². The lowest BCUT2D eigenvalue weighted by molar-refractivity contribution is -0.144. The average molecular weight is 381 g/mol. The predicted molar refractivity (Wildman–Crippen MR) is 87.0 cm³/mol. The van der Waals surface area contributed by atoms with Crippen LogP contribution in [0.15, 0.2) is 12.5 Å². The van der Waals surface area contributed by atoms with E-state index in [1.54, 1.807) is 0 Å². The molecule has 0 bridgehead atoms. The summed E-state index contributed by atoms with van der Waals surface area (Å²) in [5.41, 5.74) is 0.449. The summed E-state index contributed by atoms with van der Waals surface area (Å²) in [5.74, 6) is -1.11. The maximum atomic E-state index is 13.3. The summed E-state index contributed by atoms with van der Waals surface area (Å²) < 4.78 is 51.3. The van der Waals surface area contributed by atoms with Crippen molar-refractivity contribution in [2.45, 2.75) is 25.1 Å². The number of fused-ring (bicyclic) bond motifs is 1. The summed E-state index contributed by atoms with van der Waals surface area (Å²) in [7, 11) is 2.76. The summed E-state index contributed by atoms with van der Waals surface area (Å²) >= 11 is 0. The third kappa shape index (κ3) is 3.17. The quantitative estimate of drug-likeness (QED) is 0.718. The van der Waals surface area contributed by atoms with Gasteiger partial charge in [-0.15, -0.1) is 0 Å². The van der Waals surface area contributed by atoms with Crippen molar-refractivity contribution in [3.05, 3.63) is 18.3 Å². The van der Waals surface area contributed by atoms with Crippen LogP contribution in [0.4, 0.5) is 19.0 Å². The van der Waals surface area contributed by atoms with Gasteiger partial charge in [-0.1, -0.05) is 0 Å². The number of aromatic nitrogens is 6. The molecule has 1 aliphatic carbocycles. The zero-order chi connectivity index (χ0) is 19.2. The molecular weight excluding hydrogens is 367 g/mol. The van der Waals surface area contributed by atoms with Crippen LogP contribution in [0.5, 0.6) is 11.9 Å². The summed E-state index contributed by atoms with van der Waals surface area (Å²) in [6.07, 6.45) is -0.286. The first-order valence-electron chi connectivity index (χ1n) is 7.95. The summed E-state index contributed by atoms with van der Waals surface area (Å²) in [4.78, 5) is 19.5. The minimum absolute atomic E-state index is 0.0347. The lowest BCUT2D eigenvalue weighted by atomic mass is 10.4. The molecular formula is C15H14F3N7O2. The van der Waals surface area contributed by atoms with Crippen LogP contribution in [0, 0.1) is 0 Å². The van der Waals surface area contributed by atoms with E-state index in [1.807, 2.05) is 0 Å². The molecule has 142 valence electrons.